The van der Waals surface area contributed by atoms with Gasteiger partial charge in [-0.3, -0.25) is 9.10 Å². The quantitative estimate of drug-likeness (QED) is 0.763. The number of carbonyl (C=O) groups is 1. The Morgan fingerprint density at radius 1 is 1.32 bits per heavy atom. The number of ether oxygens (including phenoxy) is 1. The van der Waals surface area contributed by atoms with Crippen LogP contribution in [0.1, 0.15) is 6.42 Å². The van der Waals surface area contributed by atoms with E-state index in [2.05, 4.69) is 15.9 Å². The Kier molecular flexibility index (Phi) is 5.82. The van der Waals surface area contributed by atoms with Gasteiger partial charge in [0.1, 0.15) is 0 Å². The summed E-state index contributed by atoms with van der Waals surface area (Å²) in [7, 11) is -3.46. The predicted molar refractivity (Wildman–Crippen MR) is 88.3 cm³/mol. The molecule has 0 aliphatic carbocycles. The molecule has 8 heteroatoms. The van der Waals surface area contributed by atoms with E-state index in [4.69, 9.17) is 4.74 Å². The maximum atomic E-state index is 12.2. The Balaban J connectivity index is 2.08. The number of halogens is 1. The summed E-state index contributed by atoms with van der Waals surface area (Å²) in [5.41, 5.74) is 0.541. The molecule has 0 aromatic heterocycles. The molecular weight excluding hydrogens is 372 g/mol. The topological polar surface area (TPSA) is 66.9 Å². The Bertz CT molecular complexity index is 629. The van der Waals surface area contributed by atoms with E-state index in [1.807, 2.05) is 6.07 Å². The molecule has 1 saturated heterocycles. The molecule has 6 nitrogen and oxygen atoms in total. The number of para-hydroxylation sites is 1. The Hall–Kier alpha value is -1.12. The molecular formula is C14H19BrN2O4S. The van der Waals surface area contributed by atoms with Gasteiger partial charge in [0.2, 0.25) is 15.9 Å². The van der Waals surface area contributed by atoms with Crippen molar-refractivity contribution in [3.8, 4) is 0 Å². The molecule has 0 unspecified atom stereocenters. The van der Waals surface area contributed by atoms with Gasteiger partial charge >= 0.3 is 0 Å². The first-order valence-corrected chi connectivity index (χ1v) is 9.61. The third-order valence-electron chi connectivity index (χ3n) is 3.41. The number of sulfonamides is 1. The standard InChI is InChI=1S/C14H19BrN2O4S/c1-22(19,20)17(13-5-3-2-4-12(13)15)7-6-14(18)16-8-10-21-11-9-16/h2-5H,6-11H2,1H3. The number of nitrogens with zero attached hydrogens (tertiary/aromatic N) is 2. The fourth-order valence-electron chi connectivity index (χ4n) is 2.29. The summed E-state index contributed by atoms with van der Waals surface area (Å²) in [6.07, 6.45) is 1.29. The summed E-state index contributed by atoms with van der Waals surface area (Å²) in [6, 6.07) is 7.07. The Labute approximate surface area is 139 Å². The summed E-state index contributed by atoms with van der Waals surface area (Å²) in [6.45, 7) is 2.31. The molecule has 1 aromatic carbocycles. The van der Waals surface area contributed by atoms with Gasteiger partial charge in [-0.2, -0.15) is 0 Å². The highest BCUT2D eigenvalue weighted by Gasteiger charge is 2.23. The van der Waals surface area contributed by atoms with Gasteiger partial charge in [-0.15, -0.1) is 0 Å². The number of hydrogen-bond donors (Lipinski definition) is 0. The van der Waals surface area contributed by atoms with Gasteiger partial charge in [0.25, 0.3) is 0 Å². The molecule has 0 bridgehead atoms. The van der Waals surface area contributed by atoms with Crippen molar-refractivity contribution in [2.45, 2.75) is 6.42 Å². The molecule has 122 valence electrons. The predicted octanol–water partition coefficient (Wildman–Crippen LogP) is 1.46. The summed E-state index contributed by atoms with van der Waals surface area (Å²) >= 11 is 3.36. The van der Waals surface area contributed by atoms with Crippen LogP contribution in [0, 0.1) is 0 Å². The van der Waals surface area contributed by atoms with Crippen LogP contribution in [0.5, 0.6) is 0 Å². The lowest BCUT2D eigenvalue weighted by molar-refractivity contribution is -0.134. The van der Waals surface area contributed by atoms with Crippen LogP contribution in [0.3, 0.4) is 0 Å². The number of morpholine rings is 1. The summed E-state index contributed by atoms with van der Waals surface area (Å²) < 4.78 is 31.2. The smallest absolute Gasteiger partial charge is 0.232 e. The maximum Gasteiger partial charge on any atom is 0.232 e. The second-order valence-corrected chi connectivity index (χ2v) is 7.79. The van der Waals surface area contributed by atoms with Crippen LogP contribution in [0.25, 0.3) is 0 Å². The van der Waals surface area contributed by atoms with Crippen LogP contribution in [0.15, 0.2) is 28.7 Å². The molecule has 1 fully saturated rings. The molecule has 1 aliphatic heterocycles. The minimum absolute atomic E-state index is 0.0518. The van der Waals surface area contributed by atoms with Crippen molar-refractivity contribution in [1.82, 2.24) is 4.90 Å². The van der Waals surface area contributed by atoms with Gasteiger partial charge in [0, 0.05) is 30.5 Å². The van der Waals surface area contributed by atoms with Gasteiger partial charge in [-0.25, -0.2) is 8.42 Å². The fourth-order valence-corrected chi connectivity index (χ4v) is 3.84. The first kappa shape index (κ1) is 17.2. The van der Waals surface area contributed by atoms with Crippen molar-refractivity contribution in [3.63, 3.8) is 0 Å². The van der Waals surface area contributed by atoms with Gasteiger partial charge in [-0.05, 0) is 28.1 Å². The Morgan fingerprint density at radius 3 is 2.55 bits per heavy atom. The lowest BCUT2D eigenvalue weighted by Crippen LogP contribution is -2.42. The molecule has 0 spiro atoms. The minimum atomic E-state index is -3.46. The van der Waals surface area contributed by atoms with Crippen molar-refractivity contribution in [1.29, 1.82) is 0 Å². The minimum Gasteiger partial charge on any atom is -0.378 e. The fraction of sp³-hybridized carbons (Fsp3) is 0.500. The zero-order valence-corrected chi connectivity index (χ0v) is 14.8. The van der Waals surface area contributed by atoms with E-state index in [9.17, 15) is 13.2 Å². The van der Waals surface area contributed by atoms with Gasteiger partial charge in [0.05, 0.1) is 25.2 Å². The zero-order chi connectivity index (χ0) is 16.2. The molecule has 1 aliphatic rings. The van der Waals surface area contributed by atoms with E-state index in [1.54, 1.807) is 23.1 Å². The van der Waals surface area contributed by atoms with Crippen LogP contribution in [0.4, 0.5) is 5.69 Å². The van der Waals surface area contributed by atoms with Crippen molar-refractivity contribution in [2.24, 2.45) is 0 Å². The number of rotatable bonds is 5. The Morgan fingerprint density at radius 2 is 1.95 bits per heavy atom. The molecule has 1 aromatic rings. The second-order valence-electron chi connectivity index (χ2n) is 5.03. The maximum absolute atomic E-state index is 12.2. The molecule has 0 N–H and O–H groups in total. The van der Waals surface area contributed by atoms with Crippen LogP contribution in [-0.4, -0.2) is 58.3 Å². The third kappa shape index (κ3) is 4.44. The molecule has 0 saturated carbocycles. The van der Waals surface area contributed by atoms with E-state index < -0.39 is 10.0 Å². The zero-order valence-electron chi connectivity index (χ0n) is 12.4. The van der Waals surface area contributed by atoms with E-state index in [-0.39, 0.29) is 18.9 Å². The normalized spacial score (nSPS) is 15.6. The average molecular weight is 391 g/mol. The van der Waals surface area contributed by atoms with Crippen LogP contribution >= 0.6 is 15.9 Å². The van der Waals surface area contributed by atoms with Crippen LogP contribution in [0.2, 0.25) is 0 Å². The van der Waals surface area contributed by atoms with Crippen molar-refractivity contribution >= 4 is 37.5 Å². The first-order valence-electron chi connectivity index (χ1n) is 6.97. The van der Waals surface area contributed by atoms with Gasteiger partial charge in [0.15, 0.2) is 0 Å². The van der Waals surface area contributed by atoms with Crippen molar-refractivity contribution < 1.29 is 17.9 Å². The van der Waals surface area contributed by atoms with Gasteiger partial charge in [-0.1, -0.05) is 12.1 Å². The summed E-state index contributed by atoms with van der Waals surface area (Å²) in [4.78, 5) is 13.9. The lowest BCUT2D eigenvalue weighted by Gasteiger charge is -2.28. The largest absolute Gasteiger partial charge is 0.378 e. The number of carbonyl (C=O) groups excluding carboxylic acids is 1. The molecule has 1 heterocycles. The second kappa shape index (κ2) is 7.43. The van der Waals surface area contributed by atoms with Crippen molar-refractivity contribution in [2.75, 3.05) is 43.4 Å². The van der Waals surface area contributed by atoms with Crippen LogP contribution < -0.4 is 4.31 Å². The highest BCUT2D eigenvalue weighted by Crippen LogP contribution is 2.27. The SMILES string of the molecule is CS(=O)(=O)N(CCC(=O)N1CCOCC1)c1ccccc1Br. The van der Waals surface area contributed by atoms with Crippen LogP contribution in [-0.2, 0) is 19.6 Å². The van der Waals surface area contributed by atoms with E-state index in [0.29, 0.717) is 36.5 Å². The molecule has 0 radical (unpaired) electrons. The highest BCUT2D eigenvalue weighted by atomic mass is 79.9. The molecule has 1 amide bonds. The lowest BCUT2D eigenvalue weighted by atomic mass is 10.3. The highest BCUT2D eigenvalue weighted by molar-refractivity contribution is 9.10. The van der Waals surface area contributed by atoms with Gasteiger partial charge < -0.3 is 9.64 Å². The molecule has 2 rings (SSSR count). The first-order chi connectivity index (χ1) is 10.4. The summed E-state index contributed by atoms with van der Waals surface area (Å²) in [5.74, 6) is -0.0518. The van der Waals surface area contributed by atoms with E-state index in [1.165, 1.54) is 4.31 Å². The number of benzene rings is 1. The number of amides is 1. The monoisotopic (exact) mass is 390 g/mol. The number of anilines is 1. The summed E-state index contributed by atoms with van der Waals surface area (Å²) in [5, 5.41) is 0. The van der Waals surface area contributed by atoms with E-state index in [0.717, 1.165) is 6.26 Å². The van der Waals surface area contributed by atoms with E-state index >= 15 is 0 Å². The third-order valence-corrected chi connectivity index (χ3v) is 5.26. The van der Waals surface area contributed by atoms with Crippen molar-refractivity contribution in [3.05, 3.63) is 28.7 Å². The average Bonchev–Trinajstić information content (AvgIpc) is 2.48. The molecule has 22 heavy (non-hydrogen) atoms. The molecule has 0 atom stereocenters. The number of hydrogen-bond acceptors (Lipinski definition) is 4.